The van der Waals surface area contributed by atoms with Crippen molar-refractivity contribution in [1.82, 2.24) is 20.5 Å². The Balaban J connectivity index is 1.39. The lowest BCUT2D eigenvalue weighted by molar-refractivity contribution is 0.0945. The van der Waals surface area contributed by atoms with Gasteiger partial charge in [0.25, 0.3) is 5.91 Å². The number of nitrogens with one attached hydrogen (secondary N) is 2. The number of carbonyl (C=O) groups excluding carboxylic acids is 1. The summed E-state index contributed by atoms with van der Waals surface area (Å²) in [5.41, 5.74) is 1.39. The van der Waals surface area contributed by atoms with Gasteiger partial charge in [-0.3, -0.25) is 9.89 Å². The summed E-state index contributed by atoms with van der Waals surface area (Å²) < 4.78 is 11.1. The summed E-state index contributed by atoms with van der Waals surface area (Å²) in [6.07, 6.45) is 1.55. The molecule has 1 amide bonds. The van der Waals surface area contributed by atoms with Crippen LogP contribution in [0, 0.1) is 0 Å². The zero-order chi connectivity index (χ0) is 20.1. The molecule has 0 unspecified atom stereocenters. The van der Waals surface area contributed by atoms with Gasteiger partial charge in [0.2, 0.25) is 5.82 Å². The molecule has 146 valence electrons. The number of aromatic amines is 1. The monoisotopic (exact) mass is 408 g/mol. The zero-order valence-corrected chi connectivity index (χ0v) is 16.0. The lowest BCUT2D eigenvalue weighted by Crippen LogP contribution is -2.24. The second-order valence-electron chi connectivity index (χ2n) is 6.18. The van der Waals surface area contributed by atoms with E-state index in [0.717, 1.165) is 5.56 Å². The molecule has 4 rings (SSSR count). The third-order valence-corrected chi connectivity index (χ3v) is 4.38. The quantitative estimate of drug-likeness (QED) is 0.477. The van der Waals surface area contributed by atoms with Crippen LogP contribution in [0.15, 0.2) is 71.3 Å². The summed E-state index contributed by atoms with van der Waals surface area (Å²) in [7, 11) is 0. The maximum absolute atomic E-state index is 12.6. The Kier molecular flexibility index (Phi) is 5.58. The molecule has 2 heterocycles. The maximum Gasteiger partial charge on any atom is 0.255 e. The molecule has 29 heavy (non-hydrogen) atoms. The molecule has 8 heteroatoms. The standard InChI is InChI=1S/C21H17ClN4O3/c22-15-9-7-14(8-10-15)13-29-17-5-2-1-4-16(17)21(27)23-12-19-24-20(26-25-19)18-6-3-11-28-18/h1-11H,12-13H2,(H,23,27)(H,24,25,26). The van der Waals surface area contributed by atoms with Crippen molar-refractivity contribution in [2.75, 3.05) is 0 Å². The third-order valence-electron chi connectivity index (χ3n) is 4.13. The Bertz CT molecular complexity index is 1090. The molecule has 4 aromatic rings. The average Bonchev–Trinajstić information content (AvgIpc) is 3.44. The Morgan fingerprint density at radius 3 is 2.72 bits per heavy atom. The minimum atomic E-state index is -0.271. The van der Waals surface area contributed by atoms with E-state index in [1.807, 2.05) is 18.2 Å². The first-order valence-corrected chi connectivity index (χ1v) is 9.26. The molecule has 0 aliphatic rings. The van der Waals surface area contributed by atoms with Crippen molar-refractivity contribution < 1.29 is 13.9 Å². The van der Waals surface area contributed by atoms with Gasteiger partial charge in [0.15, 0.2) is 5.76 Å². The normalized spacial score (nSPS) is 10.7. The number of halogens is 1. The molecular weight excluding hydrogens is 392 g/mol. The number of aromatic nitrogens is 3. The fourth-order valence-electron chi connectivity index (χ4n) is 2.67. The minimum absolute atomic E-state index is 0.193. The Morgan fingerprint density at radius 1 is 1.10 bits per heavy atom. The van der Waals surface area contributed by atoms with Crippen LogP contribution in [0.5, 0.6) is 5.75 Å². The molecule has 0 atom stereocenters. The number of hydrogen-bond donors (Lipinski definition) is 2. The number of nitrogens with zero attached hydrogens (tertiary/aromatic N) is 2. The van der Waals surface area contributed by atoms with E-state index < -0.39 is 0 Å². The van der Waals surface area contributed by atoms with E-state index >= 15 is 0 Å². The molecule has 2 aromatic carbocycles. The molecule has 0 aliphatic carbocycles. The van der Waals surface area contributed by atoms with Crippen molar-refractivity contribution in [3.8, 4) is 17.3 Å². The van der Waals surface area contributed by atoms with Gasteiger partial charge in [-0.25, -0.2) is 4.98 Å². The number of amides is 1. The highest BCUT2D eigenvalue weighted by Crippen LogP contribution is 2.20. The molecule has 0 bridgehead atoms. The molecule has 7 nitrogen and oxygen atoms in total. The lowest BCUT2D eigenvalue weighted by Gasteiger charge is -2.11. The summed E-state index contributed by atoms with van der Waals surface area (Å²) >= 11 is 5.90. The number of H-pyrrole nitrogens is 1. The van der Waals surface area contributed by atoms with Gasteiger partial charge in [-0.1, -0.05) is 35.9 Å². The number of rotatable bonds is 7. The molecule has 0 saturated carbocycles. The van der Waals surface area contributed by atoms with Crippen molar-refractivity contribution >= 4 is 17.5 Å². The highest BCUT2D eigenvalue weighted by Gasteiger charge is 2.14. The predicted molar refractivity (Wildman–Crippen MR) is 107 cm³/mol. The molecule has 0 spiro atoms. The van der Waals surface area contributed by atoms with Crippen molar-refractivity contribution in [2.45, 2.75) is 13.2 Å². The van der Waals surface area contributed by atoms with Crippen LogP contribution in [0.1, 0.15) is 21.7 Å². The van der Waals surface area contributed by atoms with Crippen LogP contribution in [-0.4, -0.2) is 21.1 Å². The fourth-order valence-corrected chi connectivity index (χ4v) is 2.80. The van der Waals surface area contributed by atoms with Crippen LogP contribution in [0.3, 0.4) is 0 Å². The SMILES string of the molecule is O=C(NCc1nc(-c2ccco2)n[nH]1)c1ccccc1OCc1ccc(Cl)cc1. The van der Waals surface area contributed by atoms with E-state index in [2.05, 4.69) is 20.5 Å². The first-order valence-electron chi connectivity index (χ1n) is 8.88. The van der Waals surface area contributed by atoms with Gasteiger partial charge < -0.3 is 14.5 Å². The van der Waals surface area contributed by atoms with Gasteiger partial charge in [0.1, 0.15) is 18.2 Å². The van der Waals surface area contributed by atoms with Gasteiger partial charge >= 0.3 is 0 Å². The predicted octanol–water partition coefficient (Wildman–Crippen LogP) is 4.23. The molecule has 0 aliphatic heterocycles. The van der Waals surface area contributed by atoms with E-state index in [1.54, 1.807) is 48.7 Å². The first kappa shape index (κ1) is 18.8. The van der Waals surface area contributed by atoms with Gasteiger partial charge in [-0.2, -0.15) is 0 Å². The second kappa shape index (κ2) is 8.62. The summed E-state index contributed by atoms with van der Waals surface area (Å²) in [5, 5.41) is 10.4. The zero-order valence-electron chi connectivity index (χ0n) is 15.3. The van der Waals surface area contributed by atoms with Crippen LogP contribution in [-0.2, 0) is 13.2 Å². The Labute approximate surface area is 171 Å². The van der Waals surface area contributed by atoms with Gasteiger partial charge in [-0.05, 0) is 42.0 Å². The molecule has 2 aromatic heterocycles. The number of hydrogen-bond acceptors (Lipinski definition) is 5. The fraction of sp³-hybridized carbons (Fsp3) is 0.0952. The van der Waals surface area contributed by atoms with Crippen molar-refractivity contribution in [1.29, 1.82) is 0 Å². The summed E-state index contributed by atoms with van der Waals surface area (Å²) in [6.45, 7) is 0.522. The Morgan fingerprint density at radius 2 is 1.93 bits per heavy atom. The number of benzene rings is 2. The second-order valence-corrected chi connectivity index (χ2v) is 6.61. The van der Waals surface area contributed by atoms with E-state index in [-0.39, 0.29) is 12.5 Å². The first-order chi connectivity index (χ1) is 14.2. The van der Waals surface area contributed by atoms with Crippen LogP contribution in [0.25, 0.3) is 11.6 Å². The largest absolute Gasteiger partial charge is 0.488 e. The Hall–Kier alpha value is -3.58. The van der Waals surface area contributed by atoms with Gasteiger partial charge in [-0.15, -0.1) is 5.10 Å². The van der Waals surface area contributed by atoms with E-state index in [4.69, 9.17) is 20.8 Å². The topological polar surface area (TPSA) is 93.0 Å². The smallest absolute Gasteiger partial charge is 0.255 e. The summed E-state index contributed by atoms with van der Waals surface area (Å²) in [5.74, 6) is 1.73. The van der Waals surface area contributed by atoms with Gasteiger partial charge in [0.05, 0.1) is 18.4 Å². The minimum Gasteiger partial charge on any atom is -0.488 e. The van der Waals surface area contributed by atoms with Crippen molar-refractivity contribution in [3.63, 3.8) is 0 Å². The van der Waals surface area contributed by atoms with Crippen LogP contribution >= 0.6 is 11.6 Å². The van der Waals surface area contributed by atoms with E-state index in [1.165, 1.54) is 0 Å². The highest BCUT2D eigenvalue weighted by atomic mass is 35.5. The lowest BCUT2D eigenvalue weighted by atomic mass is 10.2. The number of carbonyl (C=O) groups is 1. The van der Waals surface area contributed by atoms with E-state index in [0.29, 0.717) is 40.4 Å². The molecular formula is C21H17ClN4O3. The summed E-state index contributed by atoms with van der Waals surface area (Å²) in [4.78, 5) is 16.9. The third kappa shape index (κ3) is 4.64. The maximum atomic E-state index is 12.6. The average molecular weight is 409 g/mol. The van der Waals surface area contributed by atoms with Crippen LogP contribution in [0.4, 0.5) is 0 Å². The van der Waals surface area contributed by atoms with Crippen molar-refractivity contribution in [2.24, 2.45) is 0 Å². The highest BCUT2D eigenvalue weighted by molar-refractivity contribution is 6.30. The molecule has 0 fully saturated rings. The van der Waals surface area contributed by atoms with Crippen LogP contribution < -0.4 is 10.1 Å². The molecule has 0 radical (unpaired) electrons. The number of para-hydroxylation sites is 1. The summed E-state index contributed by atoms with van der Waals surface area (Å²) in [6, 6.07) is 18.0. The van der Waals surface area contributed by atoms with Crippen LogP contribution in [0.2, 0.25) is 5.02 Å². The molecule has 2 N–H and O–H groups in total. The van der Waals surface area contributed by atoms with Gasteiger partial charge in [0, 0.05) is 5.02 Å². The van der Waals surface area contributed by atoms with E-state index in [9.17, 15) is 4.79 Å². The number of furan rings is 1. The molecule has 0 saturated heterocycles. The van der Waals surface area contributed by atoms with Crippen molar-refractivity contribution in [3.05, 3.63) is 88.9 Å². The number of ether oxygens (including phenoxy) is 1.